The van der Waals surface area contributed by atoms with Crippen LogP contribution in [0.15, 0.2) is 42.5 Å². The van der Waals surface area contributed by atoms with Crippen molar-refractivity contribution in [2.45, 2.75) is 51.0 Å². The second kappa shape index (κ2) is 9.64. The Kier molecular flexibility index (Phi) is 6.05. The van der Waals surface area contributed by atoms with Crippen LogP contribution in [-0.2, 0) is 16.0 Å². The molecule has 1 aliphatic heterocycles. The van der Waals surface area contributed by atoms with Crippen LogP contribution < -0.4 is 14.8 Å². The van der Waals surface area contributed by atoms with Gasteiger partial charge < -0.3 is 19.5 Å². The number of allylic oxidation sites excluding steroid dienone is 1. The van der Waals surface area contributed by atoms with E-state index in [0.29, 0.717) is 12.0 Å². The van der Waals surface area contributed by atoms with Gasteiger partial charge in [-0.3, -0.25) is 4.79 Å². The summed E-state index contributed by atoms with van der Waals surface area (Å²) in [5.74, 6) is 0.747. The fourth-order valence-electron chi connectivity index (χ4n) is 5.44. The lowest BCUT2D eigenvalue weighted by Crippen LogP contribution is -2.38. The van der Waals surface area contributed by atoms with E-state index in [1.165, 1.54) is 6.42 Å². The van der Waals surface area contributed by atoms with Gasteiger partial charge in [0.2, 0.25) is 6.79 Å². The van der Waals surface area contributed by atoms with Crippen molar-refractivity contribution in [2.24, 2.45) is 0 Å². The molecule has 0 atom stereocenters. The summed E-state index contributed by atoms with van der Waals surface area (Å²) in [7, 11) is 0. The lowest BCUT2D eigenvalue weighted by Gasteiger charge is -2.22. The average Bonchev–Trinajstić information content (AvgIpc) is 3.53. The maximum Gasteiger partial charge on any atom is 0.339 e. The molecule has 1 fully saturated rings. The van der Waals surface area contributed by atoms with Crippen LogP contribution >= 0.6 is 0 Å². The molecule has 6 rings (SSSR count). The highest BCUT2D eigenvalue weighted by Crippen LogP contribution is 2.39. The highest BCUT2D eigenvalue weighted by molar-refractivity contribution is 6.07. The molecule has 7 heteroatoms. The average molecular weight is 485 g/mol. The highest BCUT2D eigenvalue weighted by Gasteiger charge is 2.28. The van der Waals surface area contributed by atoms with Crippen LogP contribution in [0, 0.1) is 0 Å². The summed E-state index contributed by atoms with van der Waals surface area (Å²) < 4.78 is 16.5. The molecule has 0 unspecified atom stereocenters. The summed E-state index contributed by atoms with van der Waals surface area (Å²) >= 11 is 0. The zero-order valence-electron chi connectivity index (χ0n) is 20.0. The van der Waals surface area contributed by atoms with E-state index in [4.69, 9.17) is 19.2 Å². The van der Waals surface area contributed by atoms with E-state index in [2.05, 4.69) is 11.4 Å². The zero-order chi connectivity index (χ0) is 24.5. The molecular formula is C29H28N2O5. The second-order valence-electron chi connectivity index (χ2n) is 9.59. The Bertz CT molecular complexity index is 1370. The second-order valence-corrected chi connectivity index (χ2v) is 9.59. The summed E-state index contributed by atoms with van der Waals surface area (Å²) in [4.78, 5) is 30.7. The highest BCUT2D eigenvalue weighted by atomic mass is 16.7. The molecule has 0 bridgehead atoms. The predicted octanol–water partition coefficient (Wildman–Crippen LogP) is 5.06. The molecule has 3 aliphatic rings. The molecule has 1 aromatic heterocycles. The number of hydrogen-bond acceptors (Lipinski definition) is 6. The summed E-state index contributed by atoms with van der Waals surface area (Å²) in [6.45, 7) is -0.0451. The standard InChI is InChI=1S/C29H28N2O5/c32-26(30-20-6-2-1-3-7-20)16-34-29(33)27-21-8-4-5-9-23(21)31-28-19(11-12-22(27)28)14-18-10-13-24-25(15-18)36-17-35-24/h4-5,8-10,13-15,20H,1-3,6-7,11-12,16-17H2,(H,30,32). The number of para-hydroxylation sites is 1. The monoisotopic (exact) mass is 484 g/mol. The Hall–Kier alpha value is -3.87. The van der Waals surface area contributed by atoms with Crippen molar-refractivity contribution in [2.75, 3.05) is 13.4 Å². The van der Waals surface area contributed by atoms with Gasteiger partial charge >= 0.3 is 5.97 Å². The molecule has 184 valence electrons. The van der Waals surface area contributed by atoms with Gasteiger partial charge in [-0.1, -0.05) is 43.5 Å². The van der Waals surface area contributed by atoms with Gasteiger partial charge in [0.1, 0.15) is 0 Å². The summed E-state index contributed by atoms with van der Waals surface area (Å²) in [6.07, 6.45) is 8.97. The first-order chi connectivity index (χ1) is 17.7. The van der Waals surface area contributed by atoms with Gasteiger partial charge in [0.15, 0.2) is 18.1 Å². The first-order valence-corrected chi connectivity index (χ1v) is 12.6. The largest absolute Gasteiger partial charge is 0.454 e. The number of carbonyl (C=O) groups excluding carboxylic acids is 2. The number of ether oxygens (including phenoxy) is 3. The molecule has 1 amide bonds. The van der Waals surface area contributed by atoms with Gasteiger partial charge in [0, 0.05) is 11.4 Å². The lowest BCUT2D eigenvalue weighted by atomic mass is 9.95. The molecule has 0 radical (unpaired) electrons. The maximum atomic E-state index is 13.3. The number of nitrogens with one attached hydrogen (secondary N) is 1. The number of rotatable bonds is 5. The van der Waals surface area contributed by atoms with Crippen molar-refractivity contribution in [3.8, 4) is 11.5 Å². The van der Waals surface area contributed by atoms with Gasteiger partial charge in [-0.05, 0) is 66.7 Å². The number of benzene rings is 2. The Balaban J connectivity index is 1.27. The van der Waals surface area contributed by atoms with E-state index >= 15 is 0 Å². The van der Waals surface area contributed by atoms with Crippen molar-refractivity contribution >= 4 is 34.4 Å². The molecular weight excluding hydrogens is 456 g/mol. The third-order valence-electron chi connectivity index (χ3n) is 7.19. The third kappa shape index (κ3) is 4.41. The maximum absolute atomic E-state index is 13.3. The van der Waals surface area contributed by atoms with Crippen molar-refractivity contribution in [1.82, 2.24) is 10.3 Å². The minimum Gasteiger partial charge on any atom is -0.454 e. The molecule has 1 saturated carbocycles. The first-order valence-electron chi connectivity index (χ1n) is 12.6. The van der Waals surface area contributed by atoms with Gasteiger partial charge in [0.05, 0.1) is 16.8 Å². The minimum absolute atomic E-state index is 0.180. The van der Waals surface area contributed by atoms with Crippen LogP contribution in [0.1, 0.15) is 65.7 Å². The normalized spacial score (nSPS) is 17.8. The molecule has 36 heavy (non-hydrogen) atoms. The van der Waals surface area contributed by atoms with E-state index in [1.807, 2.05) is 42.5 Å². The van der Waals surface area contributed by atoms with Gasteiger partial charge in [0.25, 0.3) is 5.91 Å². The van der Waals surface area contributed by atoms with Crippen molar-refractivity contribution in [1.29, 1.82) is 0 Å². The van der Waals surface area contributed by atoms with E-state index in [9.17, 15) is 9.59 Å². The van der Waals surface area contributed by atoms with E-state index in [-0.39, 0.29) is 25.3 Å². The number of esters is 1. The number of hydrogen-bond donors (Lipinski definition) is 1. The Morgan fingerprint density at radius 2 is 1.86 bits per heavy atom. The molecule has 2 heterocycles. The minimum atomic E-state index is -0.479. The quantitative estimate of drug-likeness (QED) is 0.510. The fourth-order valence-corrected chi connectivity index (χ4v) is 5.44. The van der Waals surface area contributed by atoms with Crippen LogP contribution in [0.2, 0.25) is 0 Å². The number of aromatic nitrogens is 1. The summed E-state index contributed by atoms with van der Waals surface area (Å²) in [6, 6.07) is 13.6. The fraction of sp³-hybridized carbons (Fsp3) is 0.345. The number of amides is 1. The predicted molar refractivity (Wildman–Crippen MR) is 136 cm³/mol. The van der Waals surface area contributed by atoms with Crippen LogP contribution in [0.25, 0.3) is 22.6 Å². The SMILES string of the molecule is O=C(COC(=O)c1c2c(nc3ccccc13)C(=Cc1ccc3c(c1)OCO3)CC2)NC1CCCCC1. The zero-order valence-corrected chi connectivity index (χ0v) is 20.0. The summed E-state index contributed by atoms with van der Waals surface area (Å²) in [5.41, 5.74) is 4.96. The topological polar surface area (TPSA) is 86.8 Å². The van der Waals surface area contributed by atoms with Crippen LogP contribution in [0.4, 0.5) is 0 Å². The van der Waals surface area contributed by atoms with Gasteiger partial charge in [-0.25, -0.2) is 9.78 Å². The number of fused-ring (bicyclic) bond motifs is 3. The Morgan fingerprint density at radius 1 is 1.03 bits per heavy atom. The van der Waals surface area contributed by atoms with Crippen molar-refractivity contribution in [3.63, 3.8) is 0 Å². The molecule has 0 spiro atoms. The molecule has 7 nitrogen and oxygen atoms in total. The first kappa shape index (κ1) is 22.6. The molecule has 2 aromatic carbocycles. The third-order valence-corrected chi connectivity index (χ3v) is 7.19. The smallest absolute Gasteiger partial charge is 0.339 e. The van der Waals surface area contributed by atoms with Gasteiger partial charge in [-0.2, -0.15) is 0 Å². The van der Waals surface area contributed by atoms with E-state index < -0.39 is 5.97 Å². The van der Waals surface area contributed by atoms with Crippen LogP contribution in [0.3, 0.4) is 0 Å². The molecule has 1 N–H and O–H groups in total. The summed E-state index contributed by atoms with van der Waals surface area (Å²) in [5, 5.41) is 3.76. The molecule has 2 aliphatic carbocycles. The van der Waals surface area contributed by atoms with Crippen molar-refractivity contribution < 1.29 is 23.8 Å². The lowest BCUT2D eigenvalue weighted by molar-refractivity contribution is -0.125. The number of pyridine rings is 1. The van der Waals surface area contributed by atoms with Gasteiger partial charge in [-0.15, -0.1) is 0 Å². The molecule has 0 saturated heterocycles. The van der Waals surface area contributed by atoms with Crippen LogP contribution in [0.5, 0.6) is 11.5 Å². The Labute approximate surface area is 209 Å². The van der Waals surface area contributed by atoms with Crippen LogP contribution in [-0.4, -0.2) is 36.3 Å². The number of carbonyl (C=O) groups is 2. The van der Waals surface area contributed by atoms with Crippen molar-refractivity contribution in [3.05, 3.63) is 64.8 Å². The van der Waals surface area contributed by atoms with E-state index in [1.54, 1.807) is 0 Å². The molecule has 3 aromatic rings. The number of nitrogens with zero attached hydrogens (tertiary/aromatic N) is 1. The Morgan fingerprint density at radius 3 is 2.75 bits per heavy atom. The van der Waals surface area contributed by atoms with E-state index in [0.717, 1.165) is 76.9 Å².